The van der Waals surface area contributed by atoms with Gasteiger partial charge in [0.2, 0.25) is 11.8 Å². The Morgan fingerprint density at radius 3 is 2.93 bits per heavy atom. The Labute approximate surface area is 161 Å². The van der Waals surface area contributed by atoms with Crippen molar-refractivity contribution in [3.8, 4) is 0 Å². The minimum absolute atomic E-state index is 0.0681. The van der Waals surface area contributed by atoms with E-state index in [1.807, 2.05) is 0 Å². The molecule has 0 aliphatic carbocycles. The van der Waals surface area contributed by atoms with Crippen LogP contribution in [0.15, 0.2) is 31.2 Å². The van der Waals surface area contributed by atoms with Gasteiger partial charge in [-0.05, 0) is 17.7 Å². The summed E-state index contributed by atoms with van der Waals surface area (Å²) < 4.78 is 29.3. The highest BCUT2D eigenvalue weighted by Gasteiger charge is 2.31. The SMILES string of the molecule is C=Cc1cc(C2CC(=O)N(Cn3cncc3CNC(=O)CC)C2)cc(F)c1F. The lowest BCUT2D eigenvalue weighted by Gasteiger charge is -2.19. The molecule has 8 heteroatoms. The molecule has 2 aromatic rings. The second kappa shape index (κ2) is 8.33. The number of nitrogens with one attached hydrogen (secondary N) is 1. The maximum absolute atomic E-state index is 13.8. The molecule has 1 aromatic heterocycles. The van der Waals surface area contributed by atoms with E-state index in [4.69, 9.17) is 0 Å². The number of halogens is 2. The van der Waals surface area contributed by atoms with Crippen LogP contribution in [0.1, 0.15) is 42.5 Å². The monoisotopic (exact) mass is 388 g/mol. The van der Waals surface area contributed by atoms with Gasteiger partial charge in [0.15, 0.2) is 11.6 Å². The average Bonchev–Trinajstić information content (AvgIpc) is 3.28. The Hall–Kier alpha value is -3.03. The van der Waals surface area contributed by atoms with Crippen molar-refractivity contribution in [1.82, 2.24) is 19.8 Å². The minimum atomic E-state index is -0.943. The Morgan fingerprint density at radius 1 is 1.43 bits per heavy atom. The van der Waals surface area contributed by atoms with E-state index in [2.05, 4.69) is 16.9 Å². The van der Waals surface area contributed by atoms with E-state index in [0.29, 0.717) is 25.1 Å². The van der Waals surface area contributed by atoms with Crippen molar-refractivity contribution in [1.29, 1.82) is 0 Å². The maximum Gasteiger partial charge on any atom is 0.224 e. The number of rotatable bonds is 7. The highest BCUT2D eigenvalue weighted by molar-refractivity contribution is 5.79. The van der Waals surface area contributed by atoms with Crippen LogP contribution in [0, 0.1) is 11.6 Å². The van der Waals surface area contributed by atoms with E-state index < -0.39 is 11.6 Å². The van der Waals surface area contributed by atoms with Crippen LogP contribution in [0.2, 0.25) is 0 Å². The van der Waals surface area contributed by atoms with Gasteiger partial charge in [0.05, 0.1) is 25.2 Å². The molecule has 1 aliphatic heterocycles. The summed E-state index contributed by atoms with van der Waals surface area (Å²) in [6, 6.07) is 2.68. The molecule has 0 bridgehead atoms. The predicted molar refractivity (Wildman–Crippen MR) is 99.9 cm³/mol. The number of aromatic nitrogens is 2. The molecule has 1 atom stereocenters. The molecule has 0 radical (unpaired) electrons. The number of hydrogen-bond donors (Lipinski definition) is 1. The highest BCUT2D eigenvalue weighted by Crippen LogP contribution is 2.31. The smallest absolute Gasteiger partial charge is 0.224 e. The lowest BCUT2D eigenvalue weighted by Crippen LogP contribution is -2.30. The fraction of sp³-hybridized carbons (Fsp3) is 0.350. The molecule has 0 spiro atoms. The lowest BCUT2D eigenvalue weighted by molar-refractivity contribution is -0.129. The summed E-state index contributed by atoms with van der Waals surface area (Å²) in [5.41, 5.74) is 1.44. The van der Waals surface area contributed by atoms with Crippen LogP contribution in [0.3, 0.4) is 0 Å². The molecule has 28 heavy (non-hydrogen) atoms. The summed E-state index contributed by atoms with van der Waals surface area (Å²) in [6.07, 6.45) is 5.11. The van der Waals surface area contributed by atoms with Crippen LogP contribution in [0.4, 0.5) is 8.78 Å². The molecule has 1 fully saturated rings. The minimum Gasteiger partial charge on any atom is -0.350 e. The van der Waals surface area contributed by atoms with Gasteiger partial charge in [0.1, 0.15) is 0 Å². The van der Waals surface area contributed by atoms with Crippen LogP contribution < -0.4 is 5.32 Å². The average molecular weight is 388 g/mol. The van der Waals surface area contributed by atoms with Crippen molar-refractivity contribution in [3.63, 3.8) is 0 Å². The molecular weight excluding hydrogens is 366 g/mol. The van der Waals surface area contributed by atoms with Gasteiger partial charge in [0.25, 0.3) is 0 Å². The number of benzene rings is 1. The molecule has 1 unspecified atom stereocenters. The van der Waals surface area contributed by atoms with Crippen LogP contribution in [0.5, 0.6) is 0 Å². The lowest BCUT2D eigenvalue weighted by atomic mass is 9.96. The summed E-state index contributed by atoms with van der Waals surface area (Å²) in [6.45, 7) is 6.27. The molecule has 2 amide bonds. The number of carbonyl (C=O) groups is 2. The van der Waals surface area contributed by atoms with Crippen molar-refractivity contribution in [2.75, 3.05) is 6.54 Å². The molecule has 1 saturated heterocycles. The zero-order valence-electron chi connectivity index (χ0n) is 15.6. The number of amides is 2. The molecule has 148 valence electrons. The molecule has 2 heterocycles. The predicted octanol–water partition coefficient (Wildman–Crippen LogP) is 2.80. The van der Waals surface area contributed by atoms with E-state index in [1.165, 1.54) is 12.1 Å². The Bertz CT molecular complexity index is 910. The first-order valence-electron chi connectivity index (χ1n) is 9.07. The van der Waals surface area contributed by atoms with Gasteiger partial charge in [-0.1, -0.05) is 19.6 Å². The van der Waals surface area contributed by atoms with Crippen molar-refractivity contribution in [2.45, 2.75) is 38.9 Å². The maximum atomic E-state index is 13.8. The quantitative estimate of drug-likeness (QED) is 0.793. The first-order chi connectivity index (χ1) is 13.4. The van der Waals surface area contributed by atoms with E-state index in [0.717, 1.165) is 11.8 Å². The molecule has 1 N–H and O–H groups in total. The van der Waals surface area contributed by atoms with Crippen LogP contribution in [-0.4, -0.2) is 32.8 Å². The summed E-state index contributed by atoms with van der Waals surface area (Å²) >= 11 is 0. The fourth-order valence-electron chi connectivity index (χ4n) is 3.27. The van der Waals surface area contributed by atoms with Gasteiger partial charge in [0, 0.05) is 37.1 Å². The normalized spacial score (nSPS) is 16.5. The standard InChI is InChI=1S/C20H22F2N4O2/c1-3-13-5-14(6-17(21)20(13)22)15-7-19(28)25(10-15)12-26-11-23-8-16(26)9-24-18(27)4-2/h3,5-6,8,11,15H,1,4,7,9-10,12H2,2H3,(H,24,27). The number of hydrogen-bond acceptors (Lipinski definition) is 3. The van der Waals surface area contributed by atoms with Gasteiger partial charge in [-0.2, -0.15) is 0 Å². The third kappa shape index (κ3) is 4.11. The van der Waals surface area contributed by atoms with Gasteiger partial charge in [-0.25, -0.2) is 13.8 Å². The first-order valence-corrected chi connectivity index (χ1v) is 9.07. The Balaban J connectivity index is 1.71. The van der Waals surface area contributed by atoms with E-state index in [9.17, 15) is 18.4 Å². The number of nitrogens with zero attached hydrogens (tertiary/aromatic N) is 3. The molecular formula is C20H22F2N4O2. The molecule has 1 aromatic carbocycles. The number of carbonyl (C=O) groups excluding carboxylic acids is 2. The second-order valence-corrected chi connectivity index (χ2v) is 6.75. The zero-order chi connectivity index (χ0) is 20.3. The summed E-state index contributed by atoms with van der Waals surface area (Å²) in [5, 5.41) is 2.78. The van der Waals surface area contributed by atoms with Gasteiger partial charge >= 0.3 is 0 Å². The zero-order valence-corrected chi connectivity index (χ0v) is 15.6. The van der Waals surface area contributed by atoms with Gasteiger partial charge in [-0.3, -0.25) is 9.59 Å². The van der Waals surface area contributed by atoms with Crippen LogP contribution in [0.25, 0.3) is 6.08 Å². The fourth-order valence-corrected chi connectivity index (χ4v) is 3.27. The van der Waals surface area contributed by atoms with Crippen LogP contribution in [-0.2, 0) is 22.8 Å². The molecule has 6 nitrogen and oxygen atoms in total. The topological polar surface area (TPSA) is 67.2 Å². The summed E-state index contributed by atoms with van der Waals surface area (Å²) in [5.74, 6) is -2.25. The Morgan fingerprint density at radius 2 is 2.21 bits per heavy atom. The van der Waals surface area contributed by atoms with E-state index >= 15 is 0 Å². The van der Waals surface area contributed by atoms with Crippen LogP contribution >= 0.6 is 0 Å². The van der Waals surface area contributed by atoms with E-state index in [-0.39, 0.29) is 36.4 Å². The van der Waals surface area contributed by atoms with Crippen molar-refractivity contribution >= 4 is 17.9 Å². The molecule has 1 aliphatic rings. The molecule has 0 saturated carbocycles. The Kier molecular flexibility index (Phi) is 5.87. The van der Waals surface area contributed by atoms with Gasteiger partial charge in [-0.15, -0.1) is 0 Å². The second-order valence-electron chi connectivity index (χ2n) is 6.75. The number of imidazole rings is 1. The van der Waals surface area contributed by atoms with E-state index in [1.54, 1.807) is 28.9 Å². The largest absolute Gasteiger partial charge is 0.350 e. The summed E-state index contributed by atoms with van der Waals surface area (Å²) in [7, 11) is 0. The summed E-state index contributed by atoms with van der Waals surface area (Å²) in [4.78, 5) is 29.6. The third-order valence-electron chi connectivity index (χ3n) is 4.89. The van der Waals surface area contributed by atoms with Crippen molar-refractivity contribution < 1.29 is 18.4 Å². The van der Waals surface area contributed by atoms with Crippen molar-refractivity contribution in [3.05, 3.63) is 59.7 Å². The first kappa shape index (κ1) is 19.7. The number of likely N-dealkylation sites (tertiary alicyclic amines) is 1. The molecule has 3 rings (SSSR count). The third-order valence-corrected chi connectivity index (χ3v) is 4.89. The highest BCUT2D eigenvalue weighted by atomic mass is 19.2. The van der Waals surface area contributed by atoms with Gasteiger partial charge < -0.3 is 14.8 Å². The van der Waals surface area contributed by atoms with Crippen molar-refractivity contribution in [2.24, 2.45) is 0 Å².